The average Bonchev–Trinajstić information content (AvgIpc) is 3.16. The third-order valence-electron chi connectivity index (χ3n) is 3.86. The van der Waals surface area contributed by atoms with Gasteiger partial charge in [-0.05, 0) is 42.5 Å². The molecule has 154 valence electrons. The van der Waals surface area contributed by atoms with Crippen LogP contribution in [0.1, 0.15) is 21.7 Å². The van der Waals surface area contributed by atoms with Gasteiger partial charge in [-0.2, -0.15) is 18.3 Å². The molecular formula is C19H11ClF3N3O4. The number of alkyl halides is 3. The fraction of sp³-hybridized carbons (Fsp3) is 0.0526. The van der Waals surface area contributed by atoms with Crippen molar-refractivity contribution in [3.8, 4) is 11.3 Å². The molecule has 1 aromatic heterocycles. The summed E-state index contributed by atoms with van der Waals surface area (Å²) in [5.41, 5.74) is 0.848. The third-order valence-corrected chi connectivity index (χ3v) is 4.09. The fourth-order valence-electron chi connectivity index (χ4n) is 2.49. The predicted octanol–water partition coefficient (Wildman–Crippen LogP) is 5.29. The standard InChI is InChI=1S/C19H11ClF3N3O4/c20-13-4-6-15(16(9-13)26(28)29)17-7-5-14(30-17)10-24-25-18(27)11-2-1-3-12(8-11)19(21,22)23/h1-10H,(H,25,27). The summed E-state index contributed by atoms with van der Waals surface area (Å²) in [4.78, 5) is 22.6. The van der Waals surface area contributed by atoms with Crippen molar-refractivity contribution in [2.45, 2.75) is 6.18 Å². The summed E-state index contributed by atoms with van der Waals surface area (Å²) in [7, 11) is 0. The van der Waals surface area contributed by atoms with E-state index in [4.69, 9.17) is 16.0 Å². The number of hydrazone groups is 1. The van der Waals surface area contributed by atoms with E-state index in [0.29, 0.717) is 6.07 Å². The number of hydrogen-bond donors (Lipinski definition) is 1. The van der Waals surface area contributed by atoms with Gasteiger partial charge in [-0.25, -0.2) is 5.43 Å². The SMILES string of the molecule is O=C(NN=Cc1ccc(-c2ccc(Cl)cc2[N+](=O)[O-])o1)c1cccc(C(F)(F)F)c1. The van der Waals surface area contributed by atoms with Gasteiger partial charge in [-0.1, -0.05) is 17.7 Å². The van der Waals surface area contributed by atoms with Crippen LogP contribution in [0.5, 0.6) is 0 Å². The molecule has 3 aromatic rings. The maximum absolute atomic E-state index is 12.7. The van der Waals surface area contributed by atoms with Gasteiger partial charge in [0.05, 0.1) is 22.3 Å². The van der Waals surface area contributed by atoms with Gasteiger partial charge in [-0.15, -0.1) is 0 Å². The molecule has 0 aliphatic rings. The number of rotatable bonds is 5. The van der Waals surface area contributed by atoms with Gasteiger partial charge in [0.25, 0.3) is 11.6 Å². The van der Waals surface area contributed by atoms with Crippen LogP contribution < -0.4 is 5.43 Å². The van der Waals surface area contributed by atoms with Crippen molar-refractivity contribution in [2.24, 2.45) is 5.10 Å². The Kier molecular flexibility index (Phi) is 5.88. The molecule has 1 heterocycles. The van der Waals surface area contributed by atoms with Crippen LogP contribution in [-0.2, 0) is 6.18 Å². The fourth-order valence-corrected chi connectivity index (χ4v) is 2.65. The number of carbonyl (C=O) groups is 1. The van der Waals surface area contributed by atoms with E-state index in [2.05, 4.69) is 10.5 Å². The minimum atomic E-state index is -4.57. The Morgan fingerprint density at radius 3 is 2.63 bits per heavy atom. The van der Waals surface area contributed by atoms with Crippen LogP contribution in [0.4, 0.5) is 18.9 Å². The number of carbonyl (C=O) groups excluding carboxylic acids is 1. The highest BCUT2D eigenvalue weighted by molar-refractivity contribution is 6.30. The zero-order valence-electron chi connectivity index (χ0n) is 14.8. The molecule has 11 heteroatoms. The Bertz CT molecular complexity index is 1140. The Morgan fingerprint density at radius 1 is 1.17 bits per heavy atom. The van der Waals surface area contributed by atoms with Crippen LogP contribution in [0.2, 0.25) is 5.02 Å². The van der Waals surface area contributed by atoms with E-state index in [1.165, 1.54) is 36.4 Å². The van der Waals surface area contributed by atoms with E-state index in [1.807, 2.05) is 0 Å². The number of benzene rings is 2. The van der Waals surface area contributed by atoms with E-state index >= 15 is 0 Å². The van der Waals surface area contributed by atoms with Gasteiger partial charge in [0.1, 0.15) is 11.5 Å². The molecule has 1 N–H and O–H groups in total. The van der Waals surface area contributed by atoms with Crippen molar-refractivity contribution in [3.63, 3.8) is 0 Å². The van der Waals surface area contributed by atoms with Crippen LogP contribution in [0.15, 0.2) is 64.1 Å². The molecule has 0 fully saturated rings. The number of amides is 1. The molecule has 0 atom stereocenters. The minimum Gasteiger partial charge on any atom is -0.455 e. The van der Waals surface area contributed by atoms with Gasteiger partial charge < -0.3 is 4.42 Å². The largest absolute Gasteiger partial charge is 0.455 e. The summed E-state index contributed by atoms with van der Waals surface area (Å²) < 4.78 is 43.6. The highest BCUT2D eigenvalue weighted by Crippen LogP contribution is 2.33. The third kappa shape index (κ3) is 4.84. The lowest BCUT2D eigenvalue weighted by molar-refractivity contribution is -0.384. The minimum absolute atomic E-state index is 0.151. The highest BCUT2D eigenvalue weighted by Gasteiger charge is 2.30. The molecule has 0 aliphatic carbocycles. The summed E-state index contributed by atoms with van der Waals surface area (Å²) in [6.45, 7) is 0. The zero-order valence-corrected chi connectivity index (χ0v) is 15.6. The highest BCUT2D eigenvalue weighted by atomic mass is 35.5. The average molecular weight is 438 g/mol. The molecule has 0 spiro atoms. The van der Waals surface area contributed by atoms with Crippen molar-refractivity contribution in [1.29, 1.82) is 0 Å². The zero-order chi connectivity index (χ0) is 21.9. The second-order valence-electron chi connectivity index (χ2n) is 5.90. The molecule has 0 saturated heterocycles. The molecule has 0 radical (unpaired) electrons. The summed E-state index contributed by atoms with van der Waals surface area (Å²) in [5.74, 6) is -0.528. The maximum Gasteiger partial charge on any atom is 0.416 e. The Hall–Kier alpha value is -3.66. The predicted molar refractivity (Wildman–Crippen MR) is 102 cm³/mol. The monoisotopic (exact) mass is 437 g/mol. The van der Waals surface area contributed by atoms with E-state index < -0.39 is 22.6 Å². The molecule has 30 heavy (non-hydrogen) atoms. The number of furan rings is 1. The molecule has 3 rings (SSSR count). The normalized spacial score (nSPS) is 11.6. The van der Waals surface area contributed by atoms with Crippen LogP contribution in [-0.4, -0.2) is 17.0 Å². The van der Waals surface area contributed by atoms with Gasteiger partial charge in [0.15, 0.2) is 0 Å². The lowest BCUT2D eigenvalue weighted by Gasteiger charge is -2.07. The second-order valence-corrected chi connectivity index (χ2v) is 6.33. The van der Waals surface area contributed by atoms with Crippen LogP contribution in [0.25, 0.3) is 11.3 Å². The Balaban J connectivity index is 1.73. The topological polar surface area (TPSA) is 97.7 Å². The van der Waals surface area contributed by atoms with Gasteiger partial charge in [0.2, 0.25) is 0 Å². The molecule has 0 aliphatic heterocycles. The number of hydrogen-bond acceptors (Lipinski definition) is 5. The van der Waals surface area contributed by atoms with Crippen LogP contribution in [0.3, 0.4) is 0 Å². The Labute approximate surface area is 171 Å². The molecule has 1 amide bonds. The maximum atomic E-state index is 12.7. The number of nitrogens with zero attached hydrogens (tertiary/aromatic N) is 2. The van der Waals surface area contributed by atoms with E-state index in [1.54, 1.807) is 0 Å². The summed E-state index contributed by atoms with van der Waals surface area (Å²) in [5, 5.41) is 15.0. The summed E-state index contributed by atoms with van der Waals surface area (Å²) in [6.07, 6.45) is -3.47. The van der Waals surface area contributed by atoms with Crippen molar-refractivity contribution in [1.82, 2.24) is 5.43 Å². The molecule has 0 saturated carbocycles. The molecule has 0 unspecified atom stereocenters. The van der Waals surface area contributed by atoms with Gasteiger partial charge in [0, 0.05) is 16.7 Å². The van der Waals surface area contributed by atoms with Crippen molar-refractivity contribution in [3.05, 3.63) is 86.6 Å². The quantitative estimate of drug-likeness (QED) is 0.333. The van der Waals surface area contributed by atoms with Crippen molar-refractivity contribution < 1.29 is 27.3 Å². The molecular weight excluding hydrogens is 427 g/mol. The smallest absolute Gasteiger partial charge is 0.416 e. The second kappa shape index (κ2) is 8.37. The van der Waals surface area contributed by atoms with Crippen LogP contribution in [0, 0.1) is 10.1 Å². The number of nitro benzene ring substituents is 1. The number of halogens is 4. The molecule has 0 bridgehead atoms. The number of nitro groups is 1. The molecule has 2 aromatic carbocycles. The van der Waals surface area contributed by atoms with Crippen molar-refractivity contribution >= 4 is 29.4 Å². The molecule has 7 nitrogen and oxygen atoms in total. The van der Waals surface area contributed by atoms with E-state index in [-0.39, 0.29) is 33.4 Å². The lowest BCUT2D eigenvalue weighted by atomic mass is 10.1. The van der Waals surface area contributed by atoms with Crippen LogP contribution >= 0.6 is 11.6 Å². The summed E-state index contributed by atoms with van der Waals surface area (Å²) >= 11 is 5.78. The first-order valence-electron chi connectivity index (χ1n) is 8.20. The lowest BCUT2D eigenvalue weighted by Crippen LogP contribution is -2.18. The van der Waals surface area contributed by atoms with Gasteiger partial charge >= 0.3 is 6.18 Å². The first kappa shape index (κ1) is 21.1. The summed E-state index contributed by atoms with van der Waals surface area (Å²) in [6, 6.07) is 10.9. The van der Waals surface area contributed by atoms with Gasteiger partial charge in [-0.3, -0.25) is 14.9 Å². The van der Waals surface area contributed by atoms with E-state index in [0.717, 1.165) is 18.3 Å². The van der Waals surface area contributed by atoms with E-state index in [9.17, 15) is 28.1 Å². The van der Waals surface area contributed by atoms with Crippen molar-refractivity contribution in [2.75, 3.05) is 0 Å². The first-order valence-corrected chi connectivity index (χ1v) is 8.58. The number of nitrogens with one attached hydrogen (secondary N) is 1. The Morgan fingerprint density at radius 2 is 1.93 bits per heavy atom. The first-order chi connectivity index (χ1) is 14.1.